The molecule has 1 fully saturated rings. The van der Waals surface area contributed by atoms with E-state index in [1.807, 2.05) is 30.3 Å². The Hall–Kier alpha value is -2.39. The van der Waals surface area contributed by atoms with Gasteiger partial charge in [0, 0.05) is 29.3 Å². The highest BCUT2D eigenvalue weighted by molar-refractivity contribution is 7.16. The minimum atomic E-state index is -0.177. The van der Waals surface area contributed by atoms with Crippen molar-refractivity contribution in [2.24, 2.45) is 5.92 Å². The Morgan fingerprint density at radius 3 is 2.81 bits per heavy atom. The van der Waals surface area contributed by atoms with Crippen LogP contribution >= 0.6 is 11.3 Å². The van der Waals surface area contributed by atoms with Gasteiger partial charge in [-0.05, 0) is 18.4 Å². The fourth-order valence-corrected chi connectivity index (χ4v) is 5.09. The van der Waals surface area contributed by atoms with Gasteiger partial charge in [-0.25, -0.2) is 9.78 Å². The van der Waals surface area contributed by atoms with E-state index in [2.05, 4.69) is 30.2 Å². The van der Waals surface area contributed by atoms with Gasteiger partial charge in [0.15, 0.2) is 5.13 Å². The molecule has 1 aliphatic heterocycles. The second-order valence-corrected chi connectivity index (χ2v) is 8.85. The quantitative estimate of drug-likeness (QED) is 0.868. The first-order chi connectivity index (χ1) is 12.5. The summed E-state index contributed by atoms with van der Waals surface area (Å²) in [6.45, 7) is 5.42. The third-order valence-corrected chi connectivity index (χ3v) is 6.56. The van der Waals surface area contributed by atoms with Crippen LogP contribution in [0.2, 0.25) is 0 Å². The van der Waals surface area contributed by atoms with Gasteiger partial charge in [0.2, 0.25) is 0 Å². The number of thiazole rings is 1. The van der Waals surface area contributed by atoms with E-state index in [0.717, 1.165) is 24.1 Å². The molecular formula is C20H22N4OS. The molecule has 1 saturated heterocycles. The second-order valence-electron chi connectivity index (χ2n) is 7.76. The summed E-state index contributed by atoms with van der Waals surface area (Å²) >= 11 is 1.58. The number of carbonyl (C=O) groups is 1. The van der Waals surface area contributed by atoms with Crippen molar-refractivity contribution in [2.75, 3.05) is 18.4 Å². The van der Waals surface area contributed by atoms with Crippen LogP contribution in [0, 0.1) is 17.2 Å². The van der Waals surface area contributed by atoms with Crippen LogP contribution in [0.5, 0.6) is 0 Å². The molecule has 0 radical (unpaired) electrons. The topological polar surface area (TPSA) is 69.0 Å². The molecule has 5 nitrogen and oxygen atoms in total. The highest BCUT2D eigenvalue weighted by atomic mass is 32.1. The number of fused-ring (bicyclic) bond motifs is 1. The molecule has 4 rings (SSSR count). The van der Waals surface area contributed by atoms with Crippen molar-refractivity contribution in [3.8, 4) is 6.07 Å². The Morgan fingerprint density at radius 1 is 1.35 bits per heavy atom. The highest BCUT2D eigenvalue weighted by Crippen LogP contribution is 2.42. The van der Waals surface area contributed by atoms with E-state index in [0.29, 0.717) is 18.2 Å². The first-order valence-electron chi connectivity index (χ1n) is 8.98. The first-order valence-corrected chi connectivity index (χ1v) is 9.80. The fraction of sp³-hybridized carbons (Fsp3) is 0.450. The van der Waals surface area contributed by atoms with Crippen LogP contribution in [0.15, 0.2) is 30.3 Å². The number of nitriles is 1. The van der Waals surface area contributed by atoms with Crippen molar-refractivity contribution in [2.45, 2.75) is 38.0 Å². The number of nitrogens with zero attached hydrogens (tertiary/aromatic N) is 3. The van der Waals surface area contributed by atoms with E-state index < -0.39 is 0 Å². The van der Waals surface area contributed by atoms with E-state index in [4.69, 9.17) is 0 Å². The zero-order valence-corrected chi connectivity index (χ0v) is 15.8. The van der Waals surface area contributed by atoms with Crippen molar-refractivity contribution < 1.29 is 4.79 Å². The molecule has 26 heavy (non-hydrogen) atoms. The van der Waals surface area contributed by atoms with E-state index in [-0.39, 0.29) is 23.3 Å². The van der Waals surface area contributed by atoms with E-state index in [9.17, 15) is 10.1 Å². The van der Waals surface area contributed by atoms with Crippen molar-refractivity contribution in [3.63, 3.8) is 0 Å². The Morgan fingerprint density at radius 2 is 2.12 bits per heavy atom. The lowest BCUT2D eigenvalue weighted by Crippen LogP contribution is -2.33. The first kappa shape index (κ1) is 17.0. The van der Waals surface area contributed by atoms with Gasteiger partial charge in [-0.1, -0.05) is 44.2 Å². The molecule has 0 bridgehead atoms. The molecule has 0 spiro atoms. The molecule has 0 unspecified atom stereocenters. The van der Waals surface area contributed by atoms with Crippen LogP contribution in [0.3, 0.4) is 0 Å². The average molecular weight is 366 g/mol. The number of nitrogens with one attached hydrogen (secondary N) is 1. The standard InChI is InChI=1S/C20H22N4OS/c1-20(2)9-8-16-17(20)22-18(26-16)23-19(25)24-11-14(10-21)15(12-24)13-6-4-3-5-7-13/h3-7,14-15H,8-9,11-12H2,1-2H3,(H,22,23,25)/t14-,15+/m1/s1. The Labute approximate surface area is 157 Å². The summed E-state index contributed by atoms with van der Waals surface area (Å²) in [5.41, 5.74) is 2.33. The lowest BCUT2D eigenvalue weighted by atomic mass is 9.90. The van der Waals surface area contributed by atoms with Gasteiger partial charge < -0.3 is 4.90 Å². The third kappa shape index (κ3) is 2.97. The van der Waals surface area contributed by atoms with Crippen LogP contribution in [-0.4, -0.2) is 29.0 Å². The van der Waals surface area contributed by atoms with Crippen molar-refractivity contribution in [3.05, 3.63) is 46.5 Å². The molecule has 1 aromatic carbocycles. The maximum Gasteiger partial charge on any atom is 0.323 e. The van der Waals surface area contributed by atoms with Crippen LogP contribution in [0.25, 0.3) is 0 Å². The predicted molar refractivity (Wildman–Crippen MR) is 102 cm³/mol. The van der Waals surface area contributed by atoms with Crippen molar-refractivity contribution >= 4 is 22.5 Å². The van der Waals surface area contributed by atoms with Crippen LogP contribution in [0.4, 0.5) is 9.93 Å². The average Bonchev–Trinajstić information content (AvgIpc) is 3.31. The largest absolute Gasteiger partial charge is 0.323 e. The molecule has 0 saturated carbocycles. The SMILES string of the molecule is CC1(C)CCc2sc(NC(=O)N3C[C@@H](C#N)[C@H](c4ccccc4)C3)nc21. The lowest BCUT2D eigenvalue weighted by Gasteiger charge is -2.17. The predicted octanol–water partition coefficient (Wildman–Crippen LogP) is 4.14. The molecule has 1 aromatic heterocycles. The van der Waals surface area contributed by atoms with Gasteiger partial charge in [0.1, 0.15) is 0 Å². The zero-order chi connectivity index (χ0) is 18.3. The van der Waals surface area contributed by atoms with Gasteiger partial charge in [-0.3, -0.25) is 5.32 Å². The van der Waals surface area contributed by atoms with E-state index in [1.165, 1.54) is 4.88 Å². The maximum absolute atomic E-state index is 12.7. The van der Waals surface area contributed by atoms with Crippen LogP contribution < -0.4 is 5.32 Å². The van der Waals surface area contributed by atoms with Gasteiger partial charge in [0.05, 0.1) is 17.7 Å². The molecule has 2 aliphatic rings. The molecule has 1 aliphatic carbocycles. The zero-order valence-electron chi connectivity index (χ0n) is 15.0. The second kappa shape index (κ2) is 6.40. The van der Waals surface area contributed by atoms with E-state index >= 15 is 0 Å². The number of aryl methyl sites for hydroxylation is 1. The van der Waals surface area contributed by atoms with Crippen molar-refractivity contribution in [1.82, 2.24) is 9.88 Å². The van der Waals surface area contributed by atoms with Crippen LogP contribution in [-0.2, 0) is 11.8 Å². The summed E-state index contributed by atoms with van der Waals surface area (Å²) < 4.78 is 0. The van der Waals surface area contributed by atoms with E-state index in [1.54, 1.807) is 16.2 Å². The number of urea groups is 1. The molecule has 2 aromatic rings. The summed E-state index contributed by atoms with van der Waals surface area (Å²) in [6.07, 6.45) is 2.15. The molecule has 134 valence electrons. The third-order valence-electron chi connectivity index (χ3n) is 5.53. The minimum Gasteiger partial charge on any atom is -0.322 e. The molecule has 2 amide bonds. The highest BCUT2D eigenvalue weighted by Gasteiger charge is 2.37. The monoisotopic (exact) mass is 366 g/mol. The number of hydrogen-bond acceptors (Lipinski definition) is 4. The summed E-state index contributed by atoms with van der Waals surface area (Å²) in [6, 6.07) is 12.2. The van der Waals surface area contributed by atoms with Gasteiger partial charge in [-0.15, -0.1) is 11.3 Å². The van der Waals surface area contributed by atoms with Gasteiger partial charge in [0.25, 0.3) is 0 Å². The van der Waals surface area contributed by atoms with Crippen molar-refractivity contribution in [1.29, 1.82) is 5.26 Å². The van der Waals surface area contributed by atoms with Crippen LogP contribution in [0.1, 0.15) is 42.3 Å². The number of rotatable bonds is 2. The molecular weight excluding hydrogens is 344 g/mol. The molecule has 6 heteroatoms. The summed E-state index contributed by atoms with van der Waals surface area (Å²) in [7, 11) is 0. The van der Waals surface area contributed by atoms with Gasteiger partial charge >= 0.3 is 6.03 Å². The van der Waals surface area contributed by atoms with Gasteiger partial charge in [-0.2, -0.15) is 5.26 Å². The number of carbonyl (C=O) groups excluding carboxylic acids is 1. The fourth-order valence-electron chi connectivity index (χ4n) is 3.96. The smallest absolute Gasteiger partial charge is 0.322 e. The lowest BCUT2D eigenvalue weighted by molar-refractivity contribution is 0.221. The summed E-state index contributed by atoms with van der Waals surface area (Å²) in [5.74, 6) is -0.115. The normalized spacial score (nSPS) is 23.5. The Kier molecular flexibility index (Phi) is 4.20. The Balaban J connectivity index is 1.47. The molecule has 1 N–H and O–H groups in total. The Bertz CT molecular complexity index is 868. The summed E-state index contributed by atoms with van der Waals surface area (Å²) in [4.78, 5) is 20.4. The number of hydrogen-bond donors (Lipinski definition) is 1. The number of anilines is 1. The minimum absolute atomic E-state index is 0.0622. The maximum atomic E-state index is 12.7. The number of amides is 2. The summed E-state index contributed by atoms with van der Waals surface area (Å²) in [5, 5.41) is 13.1. The number of aromatic nitrogens is 1. The molecule has 2 atom stereocenters. The number of likely N-dealkylation sites (tertiary alicyclic amines) is 1. The molecule has 2 heterocycles. The number of benzene rings is 1.